The molecule has 0 amide bonds. The van der Waals surface area contributed by atoms with E-state index in [-0.39, 0.29) is 0 Å². The lowest BCUT2D eigenvalue weighted by Crippen LogP contribution is -2.09. The van der Waals surface area contributed by atoms with Crippen molar-refractivity contribution >= 4 is 17.8 Å². The molecule has 6 heteroatoms. The molecule has 2 aromatic rings. The Morgan fingerprint density at radius 1 is 1.05 bits per heavy atom. The van der Waals surface area contributed by atoms with Gasteiger partial charge < -0.3 is 19.4 Å². The minimum absolute atomic E-state index is 0.342. The van der Waals surface area contributed by atoms with E-state index in [2.05, 4.69) is 5.16 Å². The first kappa shape index (κ1) is 16.0. The topological polar surface area (TPSA) is 60.3 Å². The molecule has 116 valence electrons. The molecular weight excluding hydrogens is 306 g/mol. The second kappa shape index (κ2) is 8.14. The number of hydrogen-bond donors (Lipinski definition) is 1. The number of halogens is 1. The Balaban J connectivity index is 1.90. The largest absolute Gasteiger partial charge is 0.493 e. The summed E-state index contributed by atoms with van der Waals surface area (Å²) in [4.78, 5) is 0. The van der Waals surface area contributed by atoms with E-state index in [9.17, 15) is 0 Å². The summed E-state index contributed by atoms with van der Waals surface area (Å²) in [5.41, 5.74) is 0.707. The van der Waals surface area contributed by atoms with Crippen LogP contribution in [0.5, 0.6) is 17.2 Å². The highest BCUT2D eigenvalue weighted by atomic mass is 35.5. The standard InChI is InChI=1S/C16H16ClNO4/c1-20-16-10-12(11-18-19)6-7-15(16)22-9-8-21-14-5-3-2-4-13(14)17/h2-7,10-11,19H,8-9H2,1H3/b18-11+. The van der Waals surface area contributed by atoms with Crippen LogP contribution in [0, 0.1) is 0 Å². The van der Waals surface area contributed by atoms with Crippen molar-refractivity contribution in [3.8, 4) is 17.2 Å². The van der Waals surface area contributed by atoms with Crippen LogP contribution >= 0.6 is 11.6 Å². The zero-order valence-corrected chi connectivity index (χ0v) is 12.8. The van der Waals surface area contributed by atoms with Gasteiger partial charge in [-0.1, -0.05) is 28.9 Å². The summed E-state index contributed by atoms with van der Waals surface area (Å²) in [6.07, 6.45) is 1.31. The third-order valence-electron chi connectivity index (χ3n) is 2.83. The predicted molar refractivity (Wildman–Crippen MR) is 84.8 cm³/mol. The lowest BCUT2D eigenvalue weighted by Gasteiger charge is -2.12. The quantitative estimate of drug-likeness (QED) is 0.366. The van der Waals surface area contributed by atoms with Gasteiger partial charge in [0.25, 0.3) is 0 Å². The minimum atomic E-state index is 0.342. The molecule has 0 unspecified atom stereocenters. The van der Waals surface area contributed by atoms with Gasteiger partial charge in [0.05, 0.1) is 18.3 Å². The van der Waals surface area contributed by atoms with E-state index >= 15 is 0 Å². The van der Waals surface area contributed by atoms with E-state index in [0.717, 1.165) is 0 Å². The van der Waals surface area contributed by atoms with Crippen molar-refractivity contribution in [1.29, 1.82) is 0 Å². The van der Waals surface area contributed by atoms with Crippen LogP contribution in [0.2, 0.25) is 5.02 Å². The average molecular weight is 322 g/mol. The van der Waals surface area contributed by atoms with Gasteiger partial charge in [0.15, 0.2) is 11.5 Å². The molecule has 0 spiro atoms. The van der Waals surface area contributed by atoms with Gasteiger partial charge in [0, 0.05) is 5.56 Å². The summed E-state index contributed by atoms with van der Waals surface area (Å²) in [5, 5.41) is 12.1. The molecule has 0 aliphatic carbocycles. The second-order valence-corrected chi connectivity index (χ2v) is 4.69. The van der Waals surface area contributed by atoms with Crippen molar-refractivity contribution in [3.05, 3.63) is 53.1 Å². The van der Waals surface area contributed by atoms with Crippen molar-refractivity contribution in [2.75, 3.05) is 20.3 Å². The van der Waals surface area contributed by atoms with Crippen LogP contribution in [0.4, 0.5) is 0 Å². The molecular formula is C16H16ClNO4. The maximum atomic E-state index is 8.53. The van der Waals surface area contributed by atoms with E-state index in [1.807, 2.05) is 12.1 Å². The van der Waals surface area contributed by atoms with Crippen molar-refractivity contribution in [1.82, 2.24) is 0 Å². The molecule has 0 aromatic heterocycles. The number of benzene rings is 2. The molecule has 0 aliphatic rings. The first-order chi connectivity index (χ1) is 10.7. The third-order valence-corrected chi connectivity index (χ3v) is 3.14. The fourth-order valence-corrected chi connectivity index (χ4v) is 2.01. The van der Waals surface area contributed by atoms with Gasteiger partial charge in [0.1, 0.15) is 19.0 Å². The van der Waals surface area contributed by atoms with Crippen LogP contribution in [0.3, 0.4) is 0 Å². The van der Waals surface area contributed by atoms with E-state index in [0.29, 0.717) is 41.0 Å². The second-order valence-electron chi connectivity index (χ2n) is 4.28. The van der Waals surface area contributed by atoms with Gasteiger partial charge in [-0.3, -0.25) is 0 Å². The van der Waals surface area contributed by atoms with Crippen LogP contribution < -0.4 is 14.2 Å². The Labute approximate surface area is 133 Å². The molecule has 2 aromatic carbocycles. The summed E-state index contributed by atoms with van der Waals surface area (Å²) < 4.78 is 16.4. The molecule has 0 atom stereocenters. The number of oxime groups is 1. The molecule has 0 saturated carbocycles. The van der Waals surface area contributed by atoms with E-state index < -0.39 is 0 Å². The van der Waals surface area contributed by atoms with Crippen molar-refractivity contribution < 1.29 is 19.4 Å². The fraction of sp³-hybridized carbons (Fsp3) is 0.188. The Morgan fingerprint density at radius 3 is 2.45 bits per heavy atom. The summed E-state index contributed by atoms with van der Waals surface area (Å²) in [6, 6.07) is 12.5. The Morgan fingerprint density at radius 2 is 1.77 bits per heavy atom. The highest BCUT2D eigenvalue weighted by Crippen LogP contribution is 2.28. The van der Waals surface area contributed by atoms with Crippen molar-refractivity contribution in [2.24, 2.45) is 5.16 Å². The summed E-state index contributed by atoms with van der Waals surface area (Å²) in [6.45, 7) is 0.696. The maximum absolute atomic E-state index is 8.53. The van der Waals surface area contributed by atoms with E-state index in [1.54, 1.807) is 37.4 Å². The molecule has 0 aliphatic heterocycles. The van der Waals surface area contributed by atoms with Crippen LogP contribution in [0.15, 0.2) is 47.6 Å². The zero-order valence-electron chi connectivity index (χ0n) is 12.0. The van der Waals surface area contributed by atoms with Gasteiger partial charge >= 0.3 is 0 Å². The lowest BCUT2D eigenvalue weighted by molar-refractivity contribution is 0.211. The molecule has 0 radical (unpaired) electrons. The van der Waals surface area contributed by atoms with Crippen LogP contribution in [0.1, 0.15) is 5.56 Å². The molecule has 2 rings (SSSR count). The Kier molecular flexibility index (Phi) is 5.91. The summed E-state index contributed by atoms with van der Waals surface area (Å²) >= 11 is 6.00. The smallest absolute Gasteiger partial charge is 0.161 e. The number of nitrogens with zero attached hydrogens (tertiary/aromatic N) is 1. The lowest BCUT2D eigenvalue weighted by atomic mass is 10.2. The highest BCUT2D eigenvalue weighted by Gasteiger charge is 2.06. The van der Waals surface area contributed by atoms with Crippen LogP contribution in [-0.4, -0.2) is 31.7 Å². The zero-order chi connectivity index (χ0) is 15.8. The normalized spacial score (nSPS) is 10.6. The fourth-order valence-electron chi connectivity index (χ4n) is 1.82. The number of rotatable bonds is 7. The molecule has 1 N–H and O–H groups in total. The monoisotopic (exact) mass is 321 g/mol. The predicted octanol–water partition coefficient (Wildman–Crippen LogP) is 3.61. The van der Waals surface area contributed by atoms with Crippen molar-refractivity contribution in [2.45, 2.75) is 0 Å². The number of methoxy groups -OCH3 is 1. The van der Waals surface area contributed by atoms with E-state index in [1.165, 1.54) is 6.21 Å². The van der Waals surface area contributed by atoms with Gasteiger partial charge in [0.2, 0.25) is 0 Å². The van der Waals surface area contributed by atoms with Gasteiger partial charge in [-0.2, -0.15) is 0 Å². The molecule has 22 heavy (non-hydrogen) atoms. The van der Waals surface area contributed by atoms with E-state index in [4.69, 9.17) is 31.0 Å². The molecule has 0 fully saturated rings. The SMILES string of the molecule is COc1cc(/C=N/O)ccc1OCCOc1ccccc1Cl. The molecule has 0 heterocycles. The minimum Gasteiger partial charge on any atom is -0.493 e. The first-order valence-corrected chi connectivity index (χ1v) is 6.98. The van der Waals surface area contributed by atoms with Crippen molar-refractivity contribution in [3.63, 3.8) is 0 Å². The van der Waals surface area contributed by atoms with Gasteiger partial charge in [-0.05, 0) is 30.3 Å². The number of para-hydroxylation sites is 1. The Bertz CT molecular complexity index is 646. The third kappa shape index (κ3) is 4.30. The number of hydrogen-bond acceptors (Lipinski definition) is 5. The first-order valence-electron chi connectivity index (χ1n) is 6.60. The van der Waals surface area contributed by atoms with Crippen LogP contribution in [0.25, 0.3) is 0 Å². The van der Waals surface area contributed by atoms with Gasteiger partial charge in [-0.15, -0.1) is 0 Å². The number of ether oxygens (including phenoxy) is 3. The maximum Gasteiger partial charge on any atom is 0.161 e. The average Bonchev–Trinajstić information content (AvgIpc) is 2.54. The summed E-state index contributed by atoms with van der Waals surface area (Å²) in [5.74, 6) is 1.75. The van der Waals surface area contributed by atoms with Crippen LogP contribution in [-0.2, 0) is 0 Å². The Hall–Kier alpha value is -2.40. The van der Waals surface area contributed by atoms with Gasteiger partial charge in [-0.25, -0.2) is 0 Å². The molecule has 0 saturated heterocycles. The molecule has 5 nitrogen and oxygen atoms in total. The summed E-state index contributed by atoms with van der Waals surface area (Å²) in [7, 11) is 1.54. The highest BCUT2D eigenvalue weighted by molar-refractivity contribution is 6.32. The molecule has 0 bridgehead atoms.